The van der Waals surface area contributed by atoms with Crippen LogP contribution in [0.25, 0.3) is 0 Å². The van der Waals surface area contributed by atoms with Gasteiger partial charge in [-0.1, -0.05) is 12.1 Å². The molecule has 4 rings (SSSR count). The molecule has 1 aromatic carbocycles. The second kappa shape index (κ2) is 6.37. The lowest BCUT2D eigenvalue weighted by Crippen LogP contribution is -2.52. The fourth-order valence-corrected chi connectivity index (χ4v) is 4.92. The van der Waals surface area contributed by atoms with E-state index in [1.165, 1.54) is 18.1 Å². The van der Waals surface area contributed by atoms with Gasteiger partial charge in [-0.3, -0.25) is 4.79 Å². The van der Waals surface area contributed by atoms with E-state index in [-0.39, 0.29) is 24.1 Å². The Morgan fingerprint density at radius 2 is 2.28 bits per heavy atom. The van der Waals surface area contributed by atoms with Crippen LogP contribution in [0.4, 0.5) is 0 Å². The molecular formula is C20H25NO4. The smallest absolute Gasteiger partial charge is 0.303 e. The predicted octanol–water partition coefficient (Wildman–Crippen LogP) is 2.58. The Kier molecular flexibility index (Phi) is 4.20. The van der Waals surface area contributed by atoms with Crippen molar-refractivity contribution in [2.45, 2.75) is 50.4 Å². The van der Waals surface area contributed by atoms with Crippen LogP contribution in [0.1, 0.15) is 36.8 Å². The van der Waals surface area contributed by atoms with Crippen LogP contribution in [-0.4, -0.2) is 37.9 Å². The zero-order valence-electron chi connectivity index (χ0n) is 14.8. The van der Waals surface area contributed by atoms with Crippen molar-refractivity contribution in [3.05, 3.63) is 35.9 Å². The molecule has 0 amide bonds. The predicted molar refractivity (Wildman–Crippen MR) is 94.1 cm³/mol. The van der Waals surface area contributed by atoms with Gasteiger partial charge in [-0.2, -0.15) is 0 Å². The summed E-state index contributed by atoms with van der Waals surface area (Å²) < 4.78 is 17.5. The number of hydrogen-bond acceptors (Lipinski definition) is 5. The number of rotatable bonds is 5. The second-order valence-corrected chi connectivity index (χ2v) is 7.17. The highest BCUT2D eigenvalue weighted by molar-refractivity contribution is 5.66. The Morgan fingerprint density at radius 1 is 1.44 bits per heavy atom. The molecule has 5 heteroatoms. The molecule has 5 unspecified atom stereocenters. The summed E-state index contributed by atoms with van der Waals surface area (Å²) in [4.78, 5) is 11.5. The third-order valence-corrected chi connectivity index (χ3v) is 5.82. The first-order valence-electron chi connectivity index (χ1n) is 9.02. The molecule has 1 N–H and O–H groups in total. The van der Waals surface area contributed by atoms with E-state index in [0.717, 1.165) is 37.3 Å². The number of benzene rings is 1. The van der Waals surface area contributed by atoms with Gasteiger partial charge in [0.05, 0.1) is 7.11 Å². The maximum absolute atomic E-state index is 11.5. The first kappa shape index (κ1) is 16.5. The Labute approximate surface area is 148 Å². The molecule has 3 aliphatic rings. The van der Waals surface area contributed by atoms with Crippen molar-refractivity contribution in [3.8, 4) is 11.5 Å². The summed E-state index contributed by atoms with van der Waals surface area (Å²) in [7, 11) is 1.67. The molecule has 0 spiro atoms. The molecule has 5 atom stereocenters. The van der Waals surface area contributed by atoms with Gasteiger partial charge in [0, 0.05) is 31.0 Å². The quantitative estimate of drug-likeness (QED) is 0.658. The standard InChI is InChI=1S/C20H25NO4/c1-4-9-21-14-10-12-5-7-15(23-3)19-17(12)18-13(14)6-8-16(20(18)25-19)24-11(2)22/h4-5,7,13-14,16,18,20-21H,1,6,8-10H2,2-3H3. The summed E-state index contributed by atoms with van der Waals surface area (Å²) >= 11 is 0. The van der Waals surface area contributed by atoms with E-state index in [0.29, 0.717) is 12.0 Å². The van der Waals surface area contributed by atoms with Crippen molar-refractivity contribution < 1.29 is 19.0 Å². The monoisotopic (exact) mass is 343 g/mol. The number of methoxy groups -OCH3 is 1. The van der Waals surface area contributed by atoms with Crippen LogP contribution in [0.15, 0.2) is 24.8 Å². The number of carbonyl (C=O) groups excluding carboxylic acids is 1. The van der Waals surface area contributed by atoms with E-state index in [1.807, 2.05) is 12.1 Å². The van der Waals surface area contributed by atoms with Crippen LogP contribution in [0.3, 0.4) is 0 Å². The molecule has 0 bridgehead atoms. The molecule has 134 valence electrons. The lowest BCUT2D eigenvalue weighted by atomic mass is 9.64. The fraction of sp³-hybridized carbons (Fsp3) is 0.550. The van der Waals surface area contributed by atoms with Crippen LogP contribution in [0, 0.1) is 5.92 Å². The second-order valence-electron chi connectivity index (χ2n) is 7.17. The molecule has 25 heavy (non-hydrogen) atoms. The SMILES string of the molecule is C=CCNC1Cc2ccc(OC)c3c2C2C1CCC(OC(C)=O)C2O3. The zero-order chi connectivity index (χ0) is 17.6. The van der Waals surface area contributed by atoms with Crippen LogP contribution in [0.5, 0.6) is 11.5 Å². The maximum atomic E-state index is 11.5. The number of hydrogen-bond donors (Lipinski definition) is 1. The summed E-state index contributed by atoms with van der Waals surface area (Å²) in [5, 5.41) is 3.63. The zero-order valence-corrected chi connectivity index (χ0v) is 14.8. The first-order chi connectivity index (χ1) is 12.1. The average Bonchev–Trinajstić information content (AvgIpc) is 3.00. The lowest BCUT2D eigenvalue weighted by molar-refractivity contribution is -0.155. The van der Waals surface area contributed by atoms with Crippen molar-refractivity contribution in [3.63, 3.8) is 0 Å². The number of ether oxygens (including phenoxy) is 3. The molecule has 1 saturated carbocycles. The lowest BCUT2D eigenvalue weighted by Gasteiger charge is -2.44. The number of esters is 1. The highest BCUT2D eigenvalue weighted by Gasteiger charge is 2.54. The Morgan fingerprint density at radius 3 is 3.00 bits per heavy atom. The minimum absolute atomic E-state index is 0.124. The molecule has 0 radical (unpaired) electrons. The first-order valence-corrected chi connectivity index (χ1v) is 9.02. The van der Waals surface area contributed by atoms with Crippen LogP contribution >= 0.6 is 0 Å². The summed E-state index contributed by atoms with van der Waals surface area (Å²) in [5.41, 5.74) is 2.58. The van der Waals surface area contributed by atoms with Gasteiger partial charge in [-0.05, 0) is 36.8 Å². The number of carbonyl (C=O) groups is 1. The third-order valence-electron chi connectivity index (χ3n) is 5.82. The van der Waals surface area contributed by atoms with E-state index in [9.17, 15) is 4.79 Å². The summed E-state index contributed by atoms with van der Waals surface area (Å²) in [6.45, 7) is 6.09. The molecule has 1 heterocycles. The van der Waals surface area contributed by atoms with Gasteiger partial charge in [0.25, 0.3) is 0 Å². The molecular weight excluding hydrogens is 318 g/mol. The fourth-order valence-electron chi connectivity index (χ4n) is 4.92. The molecule has 0 saturated heterocycles. The molecule has 1 fully saturated rings. The Hall–Kier alpha value is -2.01. The van der Waals surface area contributed by atoms with Crippen LogP contribution in [0.2, 0.25) is 0 Å². The van der Waals surface area contributed by atoms with E-state index >= 15 is 0 Å². The average molecular weight is 343 g/mol. The van der Waals surface area contributed by atoms with Crippen molar-refractivity contribution in [1.82, 2.24) is 5.32 Å². The topological polar surface area (TPSA) is 56.8 Å². The number of nitrogens with one attached hydrogen (secondary N) is 1. The maximum Gasteiger partial charge on any atom is 0.303 e. The summed E-state index contributed by atoms with van der Waals surface area (Å²) in [6, 6.07) is 4.52. The van der Waals surface area contributed by atoms with Crippen LogP contribution in [-0.2, 0) is 16.0 Å². The van der Waals surface area contributed by atoms with Gasteiger partial charge in [-0.25, -0.2) is 0 Å². The van der Waals surface area contributed by atoms with Gasteiger partial charge in [0.1, 0.15) is 12.2 Å². The van der Waals surface area contributed by atoms with E-state index in [2.05, 4.69) is 18.0 Å². The van der Waals surface area contributed by atoms with E-state index in [4.69, 9.17) is 14.2 Å². The highest BCUT2D eigenvalue weighted by Crippen LogP contribution is 2.57. The van der Waals surface area contributed by atoms with E-state index < -0.39 is 0 Å². The van der Waals surface area contributed by atoms with Crippen molar-refractivity contribution in [2.24, 2.45) is 5.92 Å². The molecule has 1 aromatic rings. The summed E-state index contributed by atoms with van der Waals surface area (Å²) in [5.74, 6) is 2.09. The minimum Gasteiger partial charge on any atom is -0.493 e. The van der Waals surface area contributed by atoms with Crippen molar-refractivity contribution in [1.29, 1.82) is 0 Å². The van der Waals surface area contributed by atoms with Gasteiger partial charge in [0.2, 0.25) is 0 Å². The van der Waals surface area contributed by atoms with Crippen molar-refractivity contribution >= 4 is 5.97 Å². The van der Waals surface area contributed by atoms with Crippen molar-refractivity contribution in [2.75, 3.05) is 13.7 Å². The Balaban J connectivity index is 1.74. The van der Waals surface area contributed by atoms with Gasteiger partial charge in [0.15, 0.2) is 11.5 Å². The molecule has 1 aliphatic heterocycles. The molecule has 5 nitrogen and oxygen atoms in total. The van der Waals surface area contributed by atoms with Gasteiger partial charge >= 0.3 is 5.97 Å². The third kappa shape index (κ3) is 2.61. The highest BCUT2D eigenvalue weighted by atomic mass is 16.6. The largest absolute Gasteiger partial charge is 0.493 e. The van der Waals surface area contributed by atoms with Crippen LogP contribution < -0.4 is 14.8 Å². The van der Waals surface area contributed by atoms with E-state index in [1.54, 1.807) is 7.11 Å². The Bertz CT molecular complexity index is 701. The summed E-state index contributed by atoms with van der Waals surface area (Å²) in [6.07, 6.45) is 4.43. The minimum atomic E-state index is -0.243. The molecule has 2 aliphatic carbocycles. The van der Waals surface area contributed by atoms with Gasteiger partial charge < -0.3 is 19.5 Å². The van der Waals surface area contributed by atoms with Gasteiger partial charge in [-0.15, -0.1) is 6.58 Å². The normalized spacial score (nSPS) is 31.7. The molecule has 0 aromatic heterocycles.